The normalized spacial score (nSPS) is 17.6. The molecule has 45 heavy (non-hydrogen) atoms. The number of anilines is 1. The molecule has 0 saturated carbocycles. The molecule has 0 unspecified atom stereocenters. The van der Waals surface area contributed by atoms with E-state index in [0.717, 1.165) is 44.4 Å². The molecule has 1 saturated heterocycles. The van der Waals surface area contributed by atoms with E-state index in [4.69, 9.17) is 18.8 Å². The smallest absolute Gasteiger partial charge is 0.488 e. The van der Waals surface area contributed by atoms with Crippen LogP contribution in [0.4, 0.5) is 10.5 Å². The number of hydrogen-bond donors (Lipinski definition) is 1. The average Bonchev–Trinajstić information content (AvgIpc) is 3.20. The zero-order valence-electron chi connectivity index (χ0n) is 28.1. The summed E-state index contributed by atoms with van der Waals surface area (Å²) in [6, 6.07) is 16.7. The van der Waals surface area contributed by atoms with Crippen molar-refractivity contribution in [1.29, 1.82) is 0 Å². The van der Waals surface area contributed by atoms with Gasteiger partial charge in [0.1, 0.15) is 23.8 Å². The second kappa shape index (κ2) is 12.2. The van der Waals surface area contributed by atoms with Crippen LogP contribution < -0.4 is 15.5 Å². The predicted octanol–water partition coefficient (Wildman–Crippen LogP) is 7.20. The Labute approximate surface area is 267 Å². The van der Waals surface area contributed by atoms with Crippen LogP contribution in [0.2, 0.25) is 0 Å². The number of nitrogens with one attached hydrogen (secondary N) is 1. The van der Waals surface area contributed by atoms with Crippen LogP contribution in [0.1, 0.15) is 61.0 Å². The Hall–Kier alpha value is -3.82. The molecule has 3 aromatic rings. The Morgan fingerprint density at radius 1 is 1.11 bits per heavy atom. The lowest BCUT2D eigenvalue weighted by Crippen LogP contribution is -2.43. The van der Waals surface area contributed by atoms with Gasteiger partial charge in [-0.1, -0.05) is 43.3 Å². The molecule has 0 aromatic heterocycles. The summed E-state index contributed by atoms with van der Waals surface area (Å²) in [5.41, 5.74) is 3.73. The highest BCUT2D eigenvalue weighted by Crippen LogP contribution is 2.42. The zero-order valence-corrected chi connectivity index (χ0v) is 28.1. The largest absolute Gasteiger partial charge is 0.494 e. The topological polar surface area (TPSA) is 81.6 Å². The fraction of sp³-hybridized carbons (Fsp3) is 0.444. The summed E-state index contributed by atoms with van der Waals surface area (Å²) in [6.45, 7) is 20.9. The molecule has 5 rings (SSSR count). The van der Waals surface area contributed by atoms with Crippen molar-refractivity contribution in [3.05, 3.63) is 66.7 Å². The van der Waals surface area contributed by atoms with Crippen molar-refractivity contribution < 1.29 is 23.6 Å². The van der Waals surface area contributed by atoms with Gasteiger partial charge in [0.25, 0.3) is 0 Å². The predicted molar refractivity (Wildman–Crippen MR) is 184 cm³/mol. The monoisotopic (exact) mass is 611 g/mol. The van der Waals surface area contributed by atoms with E-state index in [0.29, 0.717) is 19.0 Å². The van der Waals surface area contributed by atoms with E-state index in [9.17, 15) is 4.79 Å². The second-order valence-electron chi connectivity index (χ2n) is 14.0. The molecular formula is C36H46BN3O5. The Kier molecular flexibility index (Phi) is 8.81. The number of hydrogen-bond acceptors (Lipinski definition) is 6. The van der Waals surface area contributed by atoms with E-state index in [1.165, 1.54) is 0 Å². The van der Waals surface area contributed by atoms with Gasteiger partial charge < -0.3 is 29.0 Å². The van der Waals surface area contributed by atoms with Crippen molar-refractivity contribution in [2.45, 2.75) is 78.8 Å². The number of ether oxygens (including phenoxy) is 2. The first kappa shape index (κ1) is 32.6. The van der Waals surface area contributed by atoms with Crippen LogP contribution in [0.15, 0.2) is 66.2 Å². The summed E-state index contributed by atoms with van der Waals surface area (Å²) in [4.78, 5) is 19.3. The molecule has 3 aromatic carbocycles. The Bertz CT molecular complexity index is 1630. The van der Waals surface area contributed by atoms with Crippen molar-refractivity contribution in [2.75, 3.05) is 25.5 Å². The maximum atomic E-state index is 13.1. The first-order valence-corrected chi connectivity index (χ1v) is 15.6. The highest BCUT2D eigenvalue weighted by molar-refractivity contribution is 6.62. The molecule has 0 radical (unpaired) electrons. The molecule has 0 bridgehead atoms. The van der Waals surface area contributed by atoms with Gasteiger partial charge >= 0.3 is 13.2 Å². The number of nitrogens with zero attached hydrogens (tertiary/aromatic N) is 2. The molecule has 1 fully saturated rings. The van der Waals surface area contributed by atoms with Crippen LogP contribution >= 0.6 is 0 Å². The number of fused-ring (bicyclic) bond motifs is 4. The Morgan fingerprint density at radius 2 is 1.82 bits per heavy atom. The molecule has 238 valence electrons. The van der Waals surface area contributed by atoms with Crippen molar-refractivity contribution >= 4 is 41.0 Å². The van der Waals surface area contributed by atoms with Crippen LogP contribution in [0.25, 0.3) is 21.9 Å². The van der Waals surface area contributed by atoms with Crippen LogP contribution in [0.5, 0.6) is 5.75 Å². The van der Waals surface area contributed by atoms with Gasteiger partial charge in [-0.05, 0) is 94.6 Å². The summed E-state index contributed by atoms with van der Waals surface area (Å²) in [7, 11) is 1.30. The van der Waals surface area contributed by atoms with Gasteiger partial charge in [-0.3, -0.25) is 4.99 Å². The van der Waals surface area contributed by atoms with E-state index in [1.807, 2.05) is 45.9 Å². The molecule has 2 aliphatic rings. The molecule has 1 amide bonds. The maximum absolute atomic E-state index is 13.1. The average molecular weight is 612 g/mol. The number of aliphatic imine (C=N–C) groups is 1. The van der Waals surface area contributed by atoms with Crippen molar-refractivity contribution in [3.63, 3.8) is 0 Å². The van der Waals surface area contributed by atoms with Gasteiger partial charge in [-0.2, -0.15) is 0 Å². The second-order valence-corrected chi connectivity index (χ2v) is 14.0. The minimum Gasteiger partial charge on any atom is -0.488 e. The van der Waals surface area contributed by atoms with E-state index < -0.39 is 23.9 Å². The summed E-state index contributed by atoms with van der Waals surface area (Å²) >= 11 is 0. The van der Waals surface area contributed by atoms with Gasteiger partial charge in [-0.25, -0.2) is 4.79 Å². The van der Waals surface area contributed by atoms with E-state index in [2.05, 4.69) is 81.0 Å². The van der Waals surface area contributed by atoms with Crippen LogP contribution in [-0.2, 0) is 20.7 Å². The van der Waals surface area contributed by atoms with Gasteiger partial charge in [0.05, 0.1) is 17.7 Å². The van der Waals surface area contributed by atoms with Crippen molar-refractivity contribution in [3.8, 4) is 16.9 Å². The number of amides is 1. The molecule has 9 heteroatoms. The zero-order chi connectivity index (χ0) is 32.7. The molecule has 2 aliphatic heterocycles. The van der Waals surface area contributed by atoms with Gasteiger partial charge in [-0.15, -0.1) is 6.58 Å². The lowest BCUT2D eigenvalue weighted by atomic mass is 9.77. The van der Waals surface area contributed by atoms with Crippen molar-refractivity contribution in [2.24, 2.45) is 10.9 Å². The van der Waals surface area contributed by atoms with E-state index in [-0.39, 0.29) is 18.6 Å². The first-order valence-electron chi connectivity index (χ1n) is 15.6. The first-order chi connectivity index (χ1) is 21.1. The number of amidine groups is 1. The molecular weight excluding hydrogens is 565 g/mol. The Balaban J connectivity index is 1.40. The van der Waals surface area contributed by atoms with Gasteiger partial charge in [0.2, 0.25) is 0 Å². The lowest BCUT2D eigenvalue weighted by molar-refractivity contribution is 0.00578. The van der Waals surface area contributed by atoms with Crippen LogP contribution in [0.3, 0.4) is 0 Å². The quantitative estimate of drug-likeness (QED) is 0.132. The third-order valence-corrected chi connectivity index (χ3v) is 8.76. The maximum Gasteiger partial charge on any atom is 0.494 e. The summed E-state index contributed by atoms with van der Waals surface area (Å²) in [6.07, 6.45) is 1.44. The number of carbonyl (C=O) groups excluding carboxylic acids is 1. The number of rotatable bonds is 7. The standard InChI is InChI=1S/C36H46BN3O5/c1-11-23(2)20-40(33(41)43-34(3,4)5)21-32(38-10)39-30-14-12-13-24-18-29-27-16-15-26(37-44-35(6,7)36(8,9)45-37)17-25(27)22-42-31(29)19-28(24)30/h11-19,23H,1,20-22H2,2-10H3,(H,38,39)/t23-/m0/s1. The van der Waals surface area contributed by atoms with Crippen LogP contribution in [0, 0.1) is 5.92 Å². The fourth-order valence-corrected chi connectivity index (χ4v) is 5.48. The number of benzene rings is 3. The highest BCUT2D eigenvalue weighted by atomic mass is 16.7. The summed E-state index contributed by atoms with van der Waals surface area (Å²) in [5.74, 6) is 1.55. The van der Waals surface area contributed by atoms with E-state index in [1.54, 1.807) is 11.9 Å². The molecule has 0 aliphatic carbocycles. The minimum atomic E-state index is -0.607. The number of carbonyl (C=O) groups is 1. The van der Waals surface area contributed by atoms with Crippen molar-refractivity contribution in [1.82, 2.24) is 4.90 Å². The Morgan fingerprint density at radius 3 is 2.47 bits per heavy atom. The SMILES string of the molecule is C=C[C@H](C)CN(CC(=NC)Nc1cccc2cc3c(cc12)OCc1cc(B2OC(C)(C)C(C)(C)O2)ccc1-3)C(=O)OC(C)(C)C. The van der Waals surface area contributed by atoms with Gasteiger partial charge in [0.15, 0.2) is 0 Å². The van der Waals surface area contributed by atoms with Crippen LogP contribution in [-0.4, -0.2) is 60.9 Å². The third kappa shape index (κ3) is 6.89. The molecule has 0 spiro atoms. The molecule has 2 heterocycles. The lowest BCUT2D eigenvalue weighted by Gasteiger charge is -2.32. The van der Waals surface area contributed by atoms with E-state index >= 15 is 0 Å². The van der Waals surface area contributed by atoms with Gasteiger partial charge in [0, 0.05) is 30.2 Å². The third-order valence-electron chi connectivity index (χ3n) is 8.76. The molecule has 1 N–H and O–H groups in total. The highest BCUT2D eigenvalue weighted by Gasteiger charge is 2.51. The molecule has 1 atom stereocenters. The molecule has 8 nitrogen and oxygen atoms in total. The summed E-state index contributed by atoms with van der Waals surface area (Å²) < 4.78 is 24.6. The fourth-order valence-electron chi connectivity index (χ4n) is 5.48. The minimum absolute atomic E-state index is 0.0905. The summed E-state index contributed by atoms with van der Waals surface area (Å²) in [5, 5.41) is 5.54.